The van der Waals surface area contributed by atoms with Gasteiger partial charge in [0, 0.05) is 29.6 Å². The zero-order valence-electron chi connectivity index (χ0n) is 17.4. The number of nitrogens with zero attached hydrogens (tertiary/aromatic N) is 1. The van der Waals surface area contributed by atoms with E-state index in [1.165, 1.54) is 0 Å². The second-order valence-corrected chi connectivity index (χ2v) is 7.19. The summed E-state index contributed by atoms with van der Waals surface area (Å²) in [6.45, 7) is 5.97. The van der Waals surface area contributed by atoms with Crippen molar-refractivity contribution in [2.75, 3.05) is 36.1 Å². The minimum absolute atomic E-state index is 0.256. The SMILES string of the molecule is CC(C)N(C)CCCCNC(=O)Nc1cccc(NC(=O)Nc2ccccc2)c1. The summed E-state index contributed by atoms with van der Waals surface area (Å²) in [6, 6.07) is 16.1. The first-order valence-corrected chi connectivity index (χ1v) is 9.92. The van der Waals surface area contributed by atoms with Crippen LogP contribution in [0.25, 0.3) is 0 Å². The quantitative estimate of drug-likeness (QED) is 0.468. The highest BCUT2D eigenvalue weighted by Crippen LogP contribution is 2.15. The average molecular weight is 398 g/mol. The van der Waals surface area contributed by atoms with Crippen LogP contribution in [0.15, 0.2) is 54.6 Å². The van der Waals surface area contributed by atoms with Crippen LogP contribution in [0.4, 0.5) is 26.7 Å². The molecule has 2 rings (SSSR count). The van der Waals surface area contributed by atoms with Gasteiger partial charge in [0.05, 0.1) is 0 Å². The molecule has 0 spiro atoms. The van der Waals surface area contributed by atoms with Crippen molar-refractivity contribution in [3.8, 4) is 0 Å². The summed E-state index contributed by atoms with van der Waals surface area (Å²) in [7, 11) is 2.10. The maximum atomic E-state index is 12.1. The molecule has 0 atom stereocenters. The molecule has 4 amide bonds. The first-order chi connectivity index (χ1) is 13.9. The molecule has 0 unspecified atom stereocenters. The molecule has 0 radical (unpaired) electrons. The standard InChI is InChI=1S/C22H31N5O2/c1-17(2)27(3)15-8-7-14-23-21(28)25-19-12-9-13-20(16-19)26-22(29)24-18-10-5-4-6-11-18/h4-6,9-13,16-17H,7-8,14-15H2,1-3H3,(H2,23,25,28)(H2,24,26,29). The molecule has 0 aliphatic rings. The maximum absolute atomic E-state index is 12.1. The van der Waals surface area contributed by atoms with Gasteiger partial charge in [-0.1, -0.05) is 24.3 Å². The molecule has 2 aromatic rings. The number of unbranched alkanes of at least 4 members (excludes halogenated alkanes) is 1. The van der Waals surface area contributed by atoms with Crippen LogP contribution >= 0.6 is 0 Å². The van der Waals surface area contributed by atoms with Crippen LogP contribution in [0.3, 0.4) is 0 Å². The number of benzene rings is 2. The van der Waals surface area contributed by atoms with Crippen molar-refractivity contribution >= 4 is 29.1 Å². The van der Waals surface area contributed by atoms with Crippen molar-refractivity contribution in [3.63, 3.8) is 0 Å². The molecule has 0 aliphatic carbocycles. The van der Waals surface area contributed by atoms with Gasteiger partial charge in [-0.2, -0.15) is 0 Å². The number of carbonyl (C=O) groups excluding carboxylic acids is 2. The monoisotopic (exact) mass is 397 g/mol. The van der Waals surface area contributed by atoms with E-state index in [0.29, 0.717) is 29.6 Å². The predicted molar refractivity (Wildman–Crippen MR) is 120 cm³/mol. The maximum Gasteiger partial charge on any atom is 0.323 e. The van der Waals surface area contributed by atoms with Gasteiger partial charge in [-0.05, 0) is 70.6 Å². The molecule has 0 aliphatic heterocycles. The lowest BCUT2D eigenvalue weighted by Crippen LogP contribution is -2.31. The summed E-state index contributed by atoms with van der Waals surface area (Å²) in [5, 5.41) is 11.2. The Bertz CT molecular complexity index is 780. The molecule has 0 bridgehead atoms. The van der Waals surface area contributed by atoms with E-state index in [1.54, 1.807) is 24.3 Å². The Morgan fingerprint density at radius 1 is 0.828 bits per heavy atom. The highest BCUT2D eigenvalue weighted by atomic mass is 16.2. The van der Waals surface area contributed by atoms with Crippen LogP contribution in [0.1, 0.15) is 26.7 Å². The summed E-state index contributed by atoms with van der Waals surface area (Å²) < 4.78 is 0. The molecule has 7 heteroatoms. The van der Waals surface area contributed by atoms with Gasteiger partial charge in [-0.3, -0.25) is 0 Å². The van der Waals surface area contributed by atoms with Crippen LogP contribution in [-0.4, -0.2) is 43.1 Å². The van der Waals surface area contributed by atoms with Crippen molar-refractivity contribution in [2.45, 2.75) is 32.7 Å². The Balaban J connectivity index is 1.73. The van der Waals surface area contributed by atoms with Gasteiger partial charge in [0.1, 0.15) is 0 Å². The van der Waals surface area contributed by atoms with E-state index in [2.05, 4.69) is 47.1 Å². The fraction of sp³-hybridized carbons (Fsp3) is 0.364. The fourth-order valence-corrected chi connectivity index (χ4v) is 2.61. The van der Waals surface area contributed by atoms with Gasteiger partial charge in [0.15, 0.2) is 0 Å². The zero-order chi connectivity index (χ0) is 21.1. The second-order valence-electron chi connectivity index (χ2n) is 7.19. The Morgan fingerprint density at radius 2 is 1.41 bits per heavy atom. The number of rotatable bonds is 9. The number of nitrogens with one attached hydrogen (secondary N) is 4. The van der Waals surface area contributed by atoms with E-state index in [4.69, 9.17) is 0 Å². The first kappa shape index (κ1) is 22.2. The molecule has 29 heavy (non-hydrogen) atoms. The number of amides is 4. The summed E-state index contributed by atoms with van der Waals surface area (Å²) in [4.78, 5) is 26.4. The number of anilines is 3. The Labute approximate surface area is 172 Å². The van der Waals surface area contributed by atoms with Crippen LogP contribution in [-0.2, 0) is 0 Å². The highest BCUT2D eigenvalue weighted by Gasteiger charge is 2.06. The van der Waals surface area contributed by atoms with E-state index in [-0.39, 0.29) is 12.1 Å². The largest absolute Gasteiger partial charge is 0.338 e. The fourth-order valence-electron chi connectivity index (χ4n) is 2.61. The molecule has 0 fully saturated rings. The van der Waals surface area contributed by atoms with E-state index >= 15 is 0 Å². The number of hydrogen-bond acceptors (Lipinski definition) is 3. The zero-order valence-corrected chi connectivity index (χ0v) is 17.4. The molecule has 156 valence electrons. The lowest BCUT2D eigenvalue weighted by molar-refractivity contribution is 0.250. The molecular weight excluding hydrogens is 366 g/mol. The van der Waals surface area contributed by atoms with E-state index < -0.39 is 0 Å². The number of urea groups is 2. The normalized spacial score (nSPS) is 10.7. The van der Waals surface area contributed by atoms with Gasteiger partial charge in [-0.25, -0.2) is 9.59 Å². The highest BCUT2D eigenvalue weighted by molar-refractivity contribution is 6.00. The molecule has 2 aromatic carbocycles. The van der Waals surface area contributed by atoms with Crippen molar-refractivity contribution in [3.05, 3.63) is 54.6 Å². The minimum atomic E-state index is -0.343. The van der Waals surface area contributed by atoms with Crippen LogP contribution < -0.4 is 21.3 Å². The topological polar surface area (TPSA) is 85.5 Å². The third-order valence-corrected chi connectivity index (χ3v) is 4.51. The Hall–Kier alpha value is -3.06. The number of para-hydroxylation sites is 1. The van der Waals surface area contributed by atoms with Crippen molar-refractivity contribution in [1.82, 2.24) is 10.2 Å². The smallest absolute Gasteiger partial charge is 0.323 e. The van der Waals surface area contributed by atoms with Crippen LogP contribution in [0.5, 0.6) is 0 Å². The minimum Gasteiger partial charge on any atom is -0.338 e. The van der Waals surface area contributed by atoms with Gasteiger partial charge in [0.25, 0.3) is 0 Å². The predicted octanol–water partition coefficient (Wildman–Crippen LogP) is 4.57. The summed E-state index contributed by atoms with van der Waals surface area (Å²) in [5.41, 5.74) is 1.91. The summed E-state index contributed by atoms with van der Waals surface area (Å²) in [5.74, 6) is 0. The second kappa shape index (κ2) is 11.7. The molecular formula is C22H31N5O2. The number of carbonyl (C=O) groups is 2. The van der Waals surface area contributed by atoms with E-state index in [0.717, 1.165) is 19.4 Å². The Kier molecular flexibility index (Phi) is 8.98. The van der Waals surface area contributed by atoms with Gasteiger partial charge in [-0.15, -0.1) is 0 Å². The summed E-state index contributed by atoms with van der Waals surface area (Å²) in [6.07, 6.45) is 1.95. The van der Waals surface area contributed by atoms with E-state index in [9.17, 15) is 9.59 Å². The lowest BCUT2D eigenvalue weighted by atomic mass is 10.2. The molecule has 7 nitrogen and oxygen atoms in total. The molecule has 0 aromatic heterocycles. The lowest BCUT2D eigenvalue weighted by Gasteiger charge is -2.20. The molecule has 4 N–H and O–H groups in total. The molecule has 0 heterocycles. The van der Waals surface area contributed by atoms with Crippen molar-refractivity contribution < 1.29 is 9.59 Å². The van der Waals surface area contributed by atoms with Gasteiger partial charge >= 0.3 is 12.1 Å². The average Bonchev–Trinajstić information content (AvgIpc) is 2.68. The Morgan fingerprint density at radius 3 is 2.07 bits per heavy atom. The van der Waals surface area contributed by atoms with Gasteiger partial charge in [0.2, 0.25) is 0 Å². The van der Waals surface area contributed by atoms with Gasteiger partial charge < -0.3 is 26.2 Å². The number of hydrogen-bond donors (Lipinski definition) is 4. The van der Waals surface area contributed by atoms with Crippen molar-refractivity contribution in [2.24, 2.45) is 0 Å². The van der Waals surface area contributed by atoms with Crippen LogP contribution in [0.2, 0.25) is 0 Å². The summed E-state index contributed by atoms with van der Waals surface area (Å²) >= 11 is 0. The van der Waals surface area contributed by atoms with Crippen LogP contribution in [0, 0.1) is 0 Å². The first-order valence-electron chi connectivity index (χ1n) is 9.92. The third-order valence-electron chi connectivity index (χ3n) is 4.51. The third kappa shape index (κ3) is 8.66. The molecule has 0 saturated carbocycles. The van der Waals surface area contributed by atoms with E-state index in [1.807, 2.05) is 30.3 Å². The molecule has 0 saturated heterocycles. The van der Waals surface area contributed by atoms with Crippen molar-refractivity contribution in [1.29, 1.82) is 0 Å².